The molecule has 4 aromatic rings. The fourth-order valence-electron chi connectivity index (χ4n) is 2.49. The lowest BCUT2D eigenvalue weighted by Crippen LogP contribution is -2.12. The fraction of sp³-hybridized carbons (Fsp3) is 0. The molecule has 0 aliphatic carbocycles. The van der Waals surface area contributed by atoms with Gasteiger partial charge in [0.25, 0.3) is 5.91 Å². The smallest absolute Gasteiger partial charge is 0.267 e. The lowest BCUT2D eigenvalue weighted by Gasteiger charge is -2.06. The van der Waals surface area contributed by atoms with Gasteiger partial charge in [0.15, 0.2) is 5.65 Å². The number of benzene rings is 2. The zero-order valence-corrected chi connectivity index (χ0v) is 14.2. The van der Waals surface area contributed by atoms with Crippen molar-refractivity contribution in [2.45, 2.75) is 0 Å². The van der Waals surface area contributed by atoms with E-state index in [9.17, 15) is 4.79 Å². The van der Waals surface area contributed by atoms with Crippen LogP contribution < -0.4 is 10.5 Å². The molecule has 0 bridgehead atoms. The van der Waals surface area contributed by atoms with Gasteiger partial charge in [-0.05, 0) is 60.7 Å². The molecule has 6 nitrogen and oxygen atoms in total. The average molecular weight is 365 g/mol. The van der Waals surface area contributed by atoms with Crippen LogP contribution in [0.5, 0.6) is 11.5 Å². The Kier molecular flexibility index (Phi) is 4.02. The zero-order valence-electron chi connectivity index (χ0n) is 13.4. The van der Waals surface area contributed by atoms with Crippen molar-refractivity contribution in [3.8, 4) is 22.9 Å². The first-order valence-corrected chi connectivity index (χ1v) is 8.17. The first-order valence-electron chi connectivity index (χ1n) is 7.79. The largest absolute Gasteiger partial charge is 0.457 e. The Labute approximate surface area is 153 Å². The van der Waals surface area contributed by atoms with E-state index in [4.69, 9.17) is 22.1 Å². The van der Waals surface area contributed by atoms with Gasteiger partial charge in [-0.2, -0.15) is 0 Å². The summed E-state index contributed by atoms with van der Waals surface area (Å²) in [6, 6.07) is 17.9. The molecule has 7 heteroatoms. The van der Waals surface area contributed by atoms with E-state index < -0.39 is 5.91 Å². The van der Waals surface area contributed by atoms with Crippen molar-refractivity contribution in [1.29, 1.82) is 0 Å². The predicted molar refractivity (Wildman–Crippen MR) is 99.4 cm³/mol. The number of pyridine rings is 1. The number of primary amides is 1. The molecule has 26 heavy (non-hydrogen) atoms. The quantitative estimate of drug-likeness (QED) is 0.568. The van der Waals surface area contributed by atoms with Crippen molar-refractivity contribution in [3.05, 3.63) is 71.4 Å². The van der Waals surface area contributed by atoms with Crippen LogP contribution in [0.25, 0.3) is 22.6 Å². The molecule has 0 fully saturated rings. The minimum absolute atomic E-state index is 0.183. The number of ether oxygens (including phenoxy) is 1. The van der Waals surface area contributed by atoms with E-state index in [0.717, 1.165) is 11.1 Å². The van der Waals surface area contributed by atoms with Crippen molar-refractivity contribution in [2.24, 2.45) is 5.73 Å². The Balaban J connectivity index is 1.59. The number of carbonyl (C=O) groups excluding carboxylic acids is 1. The third-order valence-corrected chi connectivity index (χ3v) is 4.03. The number of fused-ring (bicyclic) bond motifs is 1. The average Bonchev–Trinajstić information content (AvgIpc) is 3.07. The lowest BCUT2D eigenvalue weighted by molar-refractivity contribution is 0.0996. The van der Waals surface area contributed by atoms with Gasteiger partial charge < -0.3 is 15.5 Å². The van der Waals surface area contributed by atoms with Crippen LogP contribution in [0, 0.1) is 0 Å². The van der Waals surface area contributed by atoms with E-state index in [2.05, 4.69) is 15.0 Å². The van der Waals surface area contributed by atoms with E-state index >= 15 is 0 Å². The number of hydrogen-bond donors (Lipinski definition) is 2. The normalized spacial score (nSPS) is 10.8. The van der Waals surface area contributed by atoms with Gasteiger partial charge in [-0.1, -0.05) is 11.6 Å². The molecule has 1 amide bonds. The van der Waals surface area contributed by atoms with Crippen LogP contribution in [0.4, 0.5) is 0 Å². The SMILES string of the molecule is NC(=O)c1ccc2[nH]c(-c3ccc(Oc4ccc(Cl)cc4)cc3)nc2n1. The Hall–Kier alpha value is -3.38. The second kappa shape index (κ2) is 6.50. The third-order valence-electron chi connectivity index (χ3n) is 3.78. The molecule has 4 rings (SSSR count). The second-order valence-corrected chi connectivity index (χ2v) is 6.03. The van der Waals surface area contributed by atoms with E-state index in [1.807, 2.05) is 24.3 Å². The number of aromatic nitrogens is 3. The van der Waals surface area contributed by atoms with E-state index in [1.165, 1.54) is 0 Å². The topological polar surface area (TPSA) is 93.9 Å². The van der Waals surface area contributed by atoms with Crippen LogP contribution in [0.3, 0.4) is 0 Å². The molecule has 0 unspecified atom stereocenters. The number of rotatable bonds is 4. The molecule has 2 aromatic carbocycles. The molecule has 0 atom stereocenters. The summed E-state index contributed by atoms with van der Waals surface area (Å²) >= 11 is 5.87. The number of nitrogens with one attached hydrogen (secondary N) is 1. The highest BCUT2D eigenvalue weighted by Crippen LogP contribution is 2.26. The summed E-state index contributed by atoms with van der Waals surface area (Å²) < 4.78 is 5.77. The van der Waals surface area contributed by atoms with Crippen LogP contribution >= 0.6 is 11.6 Å². The minimum atomic E-state index is -0.583. The Morgan fingerprint density at radius 3 is 2.23 bits per heavy atom. The summed E-state index contributed by atoms with van der Waals surface area (Å²) in [5.74, 6) is 1.46. The number of amides is 1. The monoisotopic (exact) mass is 364 g/mol. The summed E-state index contributed by atoms with van der Waals surface area (Å²) in [4.78, 5) is 23.0. The van der Waals surface area contributed by atoms with Crippen LogP contribution in [0.1, 0.15) is 10.5 Å². The van der Waals surface area contributed by atoms with Crippen molar-refractivity contribution in [1.82, 2.24) is 15.0 Å². The number of aromatic amines is 1. The first-order chi connectivity index (χ1) is 12.6. The highest BCUT2D eigenvalue weighted by atomic mass is 35.5. The third kappa shape index (κ3) is 3.22. The van der Waals surface area contributed by atoms with Crippen molar-refractivity contribution < 1.29 is 9.53 Å². The molecule has 128 valence electrons. The number of imidazole rings is 1. The number of nitrogens with two attached hydrogens (primary N) is 1. The maximum atomic E-state index is 11.2. The highest BCUT2D eigenvalue weighted by molar-refractivity contribution is 6.30. The Morgan fingerprint density at radius 2 is 1.58 bits per heavy atom. The van der Waals surface area contributed by atoms with E-state index in [0.29, 0.717) is 28.0 Å². The van der Waals surface area contributed by atoms with Gasteiger partial charge in [-0.25, -0.2) is 9.97 Å². The van der Waals surface area contributed by atoms with Gasteiger partial charge in [0.2, 0.25) is 0 Å². The number of halogens is 1. The molecule has 0 aliphatic rings. The van der Waals surface area contributed by atoms with Gasteiger partial charge in [0.05, 0.1) is 5.52 Å². The molecule has 0 aliphatic heterocycles. The fourth-order valence-corrected chi connectivity index (χ4v) is 2.61. The summed E-state index contributed by atoms with van der Waals surface area (Å²) in [6.45, 7) is 0. The van der Waals surface area contributed by atoms with Gasteiger partial charge in [-0.3, -0.25) is 4.79 Å². The predicted octanol–water partition coefficient (Wildman–Crippen LogP) is 4.17. The lowest BCUT2D eigenvalue weighted by atomic mass is 10.2. The van der Waals surface area contributed by atoms with Gasteiger partial charge in [0, 0.05) is 10.6 Å². The Morgan fingerprint density at radius 1 is 0.923 bits per heavy atom. The number of H-pyrrole nitrogens is 1. The molecular formula is C19H13ClN4O2. The van der Waals surface area contributed by atoms with E-state index in [-0.39, 0.29) is 5.69 Å². The van der Waals surface area contributed by atoms with Gasteiger partial charge in [0.1, 0.15) is 23.0 Å². The van der Waals surface area contributed by atoms with Crippen LogP contribution in [0.2, 0.25) is 5.02 Å². The van der Waals surface area contributed by atoms with Gasteiger partial charge >= 0.3 is 0 Å². The number of carbonyl (C=O) groups is 1. The summed E-state index contributed by atoms with van der Waals surface area (Å²) in [7, 11) is 0. The zero-order chi connectivity index (χ0) is 18.1. The summed E-state index contributed by atoms with van der Waals surface area (Å²) in [5, 5.41) is 0.658. The second-order valence-electron chi connectivity index (χ2n) is 5.60. The summed E-state index contributed by atoms with van der Waals surface area (Å²) in [5.41, 5.74) is 7.47. The molecule has 0 radical (unpaired) electrons. The number of nitrogens with zero attached hydrogens (tertiary/aromatic N) is 2. The van der Waals surface area contributed by atoms with Gasteiger partial charge in [-0.15, -0.1) is 0 Å². The van der Waals surface area contributed by atoms with Crippen LogP contribution in [-0.2, 0) is 0 Å². The van der Waals surface area contributed by atoms with Crippen LogP contribution in [-0.4, -0.2) is 20.9 Å². The molecule has 2 aromatic heterocycles. The van der Waals surface area contributed by atoms with Crippen molar-refractivity contribution >= 4 is 28.7 Å². The highest BCUT2D eigenvalue weighted by Gasteiger charge is 2.10. The van der Waals surface area contributed by atoms with Crippen molar-refractivity contribution in [3.63, 3.8) is 0 Å². The minimum Gasteiger partial charge on any atom is -0.457 e. The molecular weight excluding hydrogens is 352 g/mol. The molecule has 0 saturated heterocycles. The molecule has 0 saturated carbocycles. The maximum Gasteiger partial charge on any atom is 0.267 e. The molecule has 0 spiro atoms. The standard InChI is InChI=1S/C19H13ClN4O2/c20-12-3-7-14(8-4-12)26-13-5-1-11(2-6-13)18-23-16-10-9-15(17(21)25)22-19(16)24-18/h1-10H,(H2,21,25)(H,22,23,24). The van der Waals surface area contributed by atoms with Crippen molar-refractivity contribution in [2.75, 3.05) is 0 Å². The number of hydrogen-bond acceptors (Lipinski definition) is 4. The molecule has 3 N–H and O–H groups in total. The Bertz CT molecular complexity index is 1090. The van der Waals surface area contributed by atoms with Crippen LogP contribution in [0.15, 0.2) is 60.7 Å². The molecule has 2 heterocycles. The maximum absolute atomic E-state index is 11.2. The first kappa shape index (κ1) is 16.1. The summed E-state index contributed by atoms with van der Waals surface area (Å²) in [6.07, 6.45) is 0. The van der Waals surface area contributed by atoms with E-state index in [1.54, 1.807) is 36.4 Å².